The molecule has 0 saturated heterocycles. The Morgan fingerprint density at radius 3 is 2.28 bits per heavy atom. The standard InChI is InChI=1S/C14H26F3N/c1-11(7-6-10-14(15,16)17)18-12(2)13-8-4-3-5-9-13/h11-13,18H,3-10H2,1-2H3/t11?,12-/m1/s1. The lowest BCUT2D eigenvalue weighted by atomic mass is 9.84. The maximum atomic E-state index is 12.0. The molecule has 4 heteroatoms. The molecule has 2 atom stereocenters. The van der Waals surface area contributed by atoms with Crippen LogP contribution in [0.15, 0.2) is 0 Å². The predicted molar refractivity (Wildman–Crippen MR) is 68.5 cm³/mol. The van der Waals surface area contributed by atoms with Gasteiger partial charge >= 0.3 is 6.18 Å². The van der Waals surface area contributed by atoms with Crippen LogP contribution in [0.1, 0.15) is 65.2 Å². The molecule has 0 aliphatic heterocycles. The van der Waals surface area contributed by atoms with Crippen molar-refractivity contribution < 1.29 is 13.2 Å². The molecule has 0 spiro atoms. The zero-order valence-electron chi connectivity index (χ0n) is 11.5. The summed E-state index contributed by atoms with van der Waals surface area (Å²) in [6, 6.07) is 0.621. The molecule has 0 radical (unpaired) electrons. The van der Waals surface area contributed by atoms with E-state index in [-0.39, 0.29) is 12.5 Å². The molecule has 1 aliphatic carbocycles. The highest BCUT2D eigenvalue weighted by molar-refractivity contribution is 4.78. The number of halogens is 3. The molecular formula is C14H26F3N. The van der Waals surface area contributed by atoms with Gasteiger partial charge in [-0.05, 0) is 45.4 Å². The van der Waals surface area contributed by atoms with E-state index in [4.69, 9.17) is 0 Å². The van der Waals surface area contributed by atoms with Crippen LogP contribution in [-0.2, 0) is 0 Å². The zero-order valence-corrected chi connectivity index (χ0v) is 11.5. The van der Waals surface area contributed by atoms with Crippen molar-refractivity contribution in [3.8, 4) is 0 Å². The minimum Gasteiger partial charge on any atom is -0.312 e. The maximum absolute atomic E-state index is 12.0. The molecule has 0 aromatic carbocycles. The van der Waals surface area contributed by atoms with Gasteiger partial charge in [0.1, 0.15) is 0 Å². The summed E-state index contributed by atoms with van der Waals surface area (Å²) in [4.78, 5) is 0. The number of alkyl halides is 3. The van der Waals surface area contributed by atoms with Crippen LogP contribution in [0.4, 0.5) is 13.2 Å². The minimum atomic E-state index is -4.01. The first-order valence-electron chi connectivity index (χ1n) is 7.21. The largest absolute Gasteiger partial charge is 0.389 e. The second kappa shape index (κ2) is 7.37. The molecule has 108 valence electrons. The monoisotopic (exact) mass is 265 g/mol. The highest BCUT2D eigenvalue weighted by atomic mass is 19.4. The smallest absolute Gasteiger partial charge is 0.312 e. The summed E-state index contributed by atoms with van der Waals surface area (Å²) in [7, 11) is 0. The van der Waals surface area contributed by atoms with Crippen molar-refractivity contribution in [1.82, 2.24) is 5.32 Å². The Morgan fingerprint density at radius 2 is 1.72 bits per heavy atom. The van der Waals surface area contributed by atoms with Gasteiger partial charge in [-0.3, -0.25) is 0 Å². The summed E-state index contributed by atoms with van der Waals surface area (Å²) in [5.41, 5.74) is 0. The highest BCUT2D eigenvalue weighted by Gasteiger charge is 2.27. The van der Waals surface area contributed by atoms with E-state index in [2.05, 4.69) is 12.2 Å². The van der Waals surface area contributed by atoms with Crippen LogP contribution >= 0.6 is 0 Å². The first kappa shape index (κ1) is 15.8. The third kappa shape index (κ3) is 6.62. The van der Waals surface area contributed by atoms with E-state index in [1.165, 1.54) is 32.1 Å². The second-order valence-corrected chi connectivity index (χ2v) is 5.76. The molecule has 1 unspecified atom stereocenters. The zero-order chi connectivity index (χ0) is 13.6. The van der Waals surface area contributed by atoms with E-state index in [0.29, 0.717) is 18.4 Å². The maximum Gasteiger partial charge on any atom is 0.389 e. The molecule has 1 nitrogen and oxygen atoms in total. The van der Waals surface area contributed by atoms with Gasteiger partial charge in [0.05, 0.1) is 0 Å². The topological polar surface area (TPSA) is 12.0 Å². The number of rotatable bonds is 6. The van der Waals surface area contributed by atoms with Crippen molar-refractivity contribution >= 4 is 0 Å². The number of hydrogen-bond donors (Lipinski definition) is 1. The third-order valence-corrected chi connectivity index (χ3v) is 4.00. The summed E-state index contributed by atoms with van der Waals surface area (Å²) < 4.78 is 36.1. The average molecular weight is 265 g/mol. The van der Waals surface area contributed by atoms with Crippen LogP contribution in [0, 0.1) is 5.92 Å². The summed E-state index contributed by atoms with van der Waals surface area (Å²) in [5.74, 6) is 0.712. The molecule has 1 N–H and O–H groups in total. The van der Waals surface area contributed by atoms with Gasteiger partial charge in [-0.2, -0.15) is 13.2 Å². The van der Waals surface area contributed by atoms with Gasteiger partial charge in [0.25, 0.3) is 0 Å². The Balaban J connectivity index is 2.16. The van der Waals surface area contributed by atoms with Gasteiger partial charge in [0.2, 0.25) is 0 Å². The van der Waals surface area contributed by atoms with E-state index in [9.17, 15) is 13.2 Å². The lowest BCUT2D eigenvalue weighted by Gasteiger charge is -2.30. The number of nitrogens with one attached hydrogen (secondary N) is 1. The van der Waals surface area contributed by atoms with Crippen molar-refractivity contribution in [3.05, 3.63) is 0 Å². The molecule has 0 aromatic rings. The quantitative estimate of drug-likeness (QED) is 0.736. The van der Waals surface area contributed by atoms with E-state index < -0.39 is 12.6 Å². The van der Waals surface area contributed by atoms with Gasteiger partial charge in [-0.25, -0.2) is 0 Å². The molecule has 0 aromatic heterocycles. The van der Waals surface area contributed by atoms with Crippen LogP contribution in [-0.4, -0.2) is 18.3 Å². The Morgan fingerprint density at radius 1 is 1.11 bits per heavy atom. The van der Waals surface area contributed by atoms with Crippen LogP contribution in [0.3, 0.4) is 0 Å². The fourth-order valence-corrected chi connectivity index (χ4v) is 2.91. The van der Waals surface area contributed by atoms with Crippen LogP contribution in [0.2, 0.25) is 0 Å². The summed E-state index contributed by atoms with van der Waals surface area (Å²) >= 11 is 0. The Bertz CT molecular complexity index is 222. The number of hydrogen-bond acceptors (Lipinski definition) is 1. The van der Waals surface area contributed by atoms with E-state index >= 15 is 0 Å². The fraction of sp³-hybridized carbons (Fsp3) is 1.00. The Labute approximate surface area is 109 Å². The molecule has 1 aliphatic rings. The minimum absolute atomic E-state index is 0.185. The lowest BCUT2D eigenvalue weighted by molar-refractivity contribution is -0.135. The van der Waals surface area contributed by atoms with Crippen molar-refractivity contribution in [1.29, 1.82) is 0 Å². The highest BCUT2D eigenvalue weighted by Crippen LogP contribution is 2.27. The molecule has 18 heavy (non-hydrogen) atoms. The molecular weight excluding hydrogens is 239 g/mol. The molecule has 0 bridgehead atoms. The van der Waals surface area contributed by atoms with E-state index in [1.54, 1.807) is 0 Å². The fourth-order valence-electron chi connectivity index (χ4n) is 2.91. The molecule has 1 fully saturated rings. The van der Waals surface area contributed by atoms with Gasteiger partial charge in [-0.15, -0.1) is 0 Å². The van der Waals surface area contributed by atoms with Gasteiger partial charge < -0.3 is 5.32 Å². The van der Waals surface area contributed by atoms with Crippen molar-refractivity contribution in [2.75, 3.05) is 0 Å². The average Bonchev–Trinajstić information content (AvgIpc) is 2.28. The summed E-state index contributed by atoms with van der Waals surface area (Å²) in [5, 5.41) is 3.47. The van der Waals surface area contributed by atoms with Gasteiger partial charge in [0.15, 0.2) is 0 Å². The SMILES string of the molecule is CC(CCCC(F)(F)F)N[C@H](C)C1CCCCC1. The Kier molecular flexibility index (Phi) is 6.47. The third-order valence-electron chi connectivity index (χ3n) is 4.00. The van der Waals surface area contributed by atoms with Crippen LogP contribution in [0.25, 0.3) is 0 Å². The molecule has 1 saturated carbocycles. The lowest BCUT2D eigenvalue weighted by Crippen LogP contribution is -2.40. The summed E-state index contributed by atoms with van der Waals surface area (Å²) in [6.45, 7) is 4.17. The van der Waals surface area contributed by atoms with Gasteiger partial charge in [0, 0.05) is 18.5 Å². The van der Waals surface area contributed by atoms with E-state index in [1.807, 2.05) is 6.92 Å². The molecule has 1 rings (SSSR count). The first-order chi connectivity index (χ1) is 8.38. The van der Waals surface area contributed by atoms with Crippen molar-refractivity contribution in [2.45, 2.75) is 83.5 Å². The van der Waals surface area contributed by atoms with Crippen molar-refractivity contribution in [2.24, 2.45) is 5.92 Å². The molecule has 0 heterocycles. The van der Waals surface area contributed by atoms with Crippen molar-refractivity contribution in [3.63, 3.8) is 0 Å². The van der Waals surface area contributed by atoms with E-state index in [0.717, 1.165) is 0 Å². The van der Waals surface area contributed by atoms with Gasteiger partial charge in [-0.1, -0.05) is 19.3 Å². The molecule has 0 amide bonds. The Hall–Kier alpha value is -0.250. The second-order valence-electron chi connectivity index (χ2n) is 5.76. The van der Waals surface area contributed by atoms with Crippen LogP contribution < -0.4 is 5.32 Å². The first-order valence-corrected chi connectivity index (χ1v) is 7.21. The van der Waals surface area contributed by atoms with Crippen LogP contribution in [0.5, 0.6) is 0 Å². The summed E-state index contributed by atoms with van der Waals surface area (Å²) in [6.07, 6.45) is 2.66. The predicted octanol–water partition coefficient (Wildman–Crippen LogP) is 4.67. The normalized spacial score (nSPS) is 21.8.